The zero-order valence-electron chi connectivity index (χ0n) is 9.72. The number of hydrogen-bond donors (Lipinski definition) is 2. The van der Waals surface area contributed by atoms with Gasteiger partial charge in [-0.2, -0.15) is 0 Å². The first-order chi connectivity index (χ1) is 8.18. The van der Waals surface area contributed by atoms with Crippen LogP contribution < -0.4 is 10.0 Å². The lowest BCUT2D eigenvalue weighted by Crippen LogP contribution is -2.36. The summed E-state index contributed by atoms with van der Waals surface area (Å²) < 4.78 is 26.4. The molecule has 1 fully saturated rings. The molecule has 1 unspecified atom stereocenters. The summed E-state index contributed by atoms with van der Waals surface area (Å²) >= 11 is 0. The average Bonchev–Trinajstić information content (AvgIpc) is 2.84. The fraction of sp³-hybridized carbons (Fsp3) is 0.500. The molecular weight excluding hydrogens is 236 g/mol. The topological polar surface area (TPSA) is 58.2 Å². The van der Waals surface area contributed by atoms with E-state index in [2.05, 4.69) is 10.0 Å². The summed E-state index contributed by atoms with van der Waals surface area (Å²) in [5.74, 6) is 0. The monoisotopic (exact) mass is 254 g/mol. The van der Waals surface area contributed by atoms with Crippen molar-refractivity contribution in [3.8, 4) is 0 Å². The quantitative estimate of drug-likeness (QED) is 0.805. The zero-order valence-corrected chi connectivity index (χ0v) is 10.5. The van der Waals surface area contributed by atoms with Gasteiger partial charge >= 0.3 is 0 Å². The highest BCUT2D eigenvalue weighted by molar-refractivity contribution is 7.90. The molecule has 0 spiro atoms. The molecule has 1 aromatic rings. The van der Waals surface area contributed by atoms with Crippen LogP contribution >= 0.6 is 0 Å². The van der Waals surface area contributed by atoms with Gasteiger partial charge in [-0.3, -0.25) is 0 Å². The van der Waals surface area contributed by atoms with E-state index in [-0.39, 0.29) is 5.25 Å². The standard InChI is InChI=1S/C12H18N2O2S/c15-17(16,12-7-8-13-10-12)14-9-6-11-4-2-1-3-5-11/h1-5,12-14H,6-10H2. The van der Waals surface area contributed by atoms with Crippen molar-refractivity contribution in [1.82, 2.24) is 10.0 Å². The van der Waals surface area contributed by atoms with E-state index in [1.165, 1.54) is 0 Å². The third kappa shape index (κ3) is 3.52. The Kier molecular flexibility index (Phi) is 4.15. The van der Waals surface area contributed by atoms with Crippen LogP contribution in [0.15, 0.2) is 30.3 Å². The van der Waals surface area contributed by atoms with Gasteiger partial charge in [0, 0.05) is 13.1 Å². The molecule has 0 bridgehead atoms. The third-order valence-corrected chi connectivity index (χ3v) is 4.90. The summed E-state index contributed by atoms with van der Waals surface area (Å²) in [6.07, 6.45) is 1.45. The van der Waals surface area contributed by atoms with Gasteiger partial charge in [0.2, 0.25) is 10.0 Å². The van der Waals surface area contributed by atoms with Crippen LogP contribution in [0, 0.1) is 0 Å². The Hall–Kier alpha value is -0.910. The average molecular weight is 254 g/mol. The Morgan fingerprint density at radius 3 is 2.71 bits per heavy atom. The predicted molar refractivity (Wildman–Crippen MR) is 68.3 cm³/mol. The van der Waals surface area contributed by atoms with Gasteiger partial charge in [0.25, 0.3) is 0 Å². The maximum Gasteiger partial charge on any atom is 0.215 e. The molecule has 1 atom stereocenters. The minimum atomic E-state index is -3.14. The van der Waals surface area contributed by atoms with Crippen LogP contribution in [0.1, 0.15) is 12.0 Å². The number of hydrogen-bond acceptors (Lipinski definition) is 3. The van der Waals surface area contributed by atoms with E-state index in [9.17, 15) is 8.42 Å². The van der Waals surface area contributed by atoms with E-state index in [0.717, 1.165) is 18.5 Å². The summed E-state index contributed by atoms with van der Waals surface area (Å²) in [5.41, 5.74) is 1.15. The van der Waals surface area contributed by atoms with Gasteiger partial charge in [0.05, 0.1) is 5.25 Å². The number of rotatable bonds is 5. The summed E-state index contributed by atoms with van der Waals surface area (Å²) in [4.78, 5) is 0. The summed E-state index contributed by atoms with van der Waals surface area (Å²) in [6, 6.07) is 9.89. The maximum atomic E-state index is 11.9. The lowest BCUT2D eigenvalue weighted by atomic mass is 10.2. The van der Waals surface area contributed by atoms with Crippen molar-refractivity contribution in [2.75, 3.05) is 19.6 Å². The van der Waals surface area contributed by atoms with Crippen molar-refractivity contribution >= 4 is 10.0 Å². The molecule has 0 aliphatic carbocycles. The highest BCUT2D eigenvalue weighted by Gasteiger charge is 2.27. The molecule has 1 aliphatic rings. The lowest BCUT2D eigenvalue weighted by Gasteiger charge is -2.11. The van der Waals surface area contributed by atoms with Crippen LogP contribution in [0.25, 0.3) is 0 Å². The summed E-state index contributed by atoms with van der Waals surface area (Å²) in [7, 11) is -3.14. The van der Waals surface area contributed by atoms with Gasteiger partial charge in [0.15, 0.2) is 0 Å². The highest BCUT2D eigenvalue weighted by atomic mass is 32.2. The van der Waals surface area contributed by atoms with Gasteiger partial charge in [0.1, 0.15) is 0 Å². The van der Waals surface area contributed by atoms with E-state index in [1.807, 2.05) is 30.3 Å². The van der Waals surface area contributed by atoms with Crippen LogP contribution in [0.2, 0.25) is 0 Å². The van der Waals surface area contributed by atoms with Crippen molar-refractivity contribution in [2.24, 2.45) is 0 Å². The molecule has 4 nitrogen and oxygen atoms in total. The molecule has 0 amide bonds. The van der Waals surface area contributed by atoms with Gasteiger partial charge < -0.3 is 5.32 Å². The number of nitrogens with one attached hydrogen (secondary N) is 2. The summed E-state index contributed by atoms with van der Waals surface area (Å²) in [5, 5.41) is 2.80. The van der Waals surface area contributed by atoms with Gasteiger partial charge in [-0.1, -0.05) is 30.3 Å². The van der Waals surface area contributed by atoms with Crippen molar-refractivity contribution < 1.29 is 8.42 Å². The third-order valence-electron chi connectivity index (χ3n) is 3.01. The molecule has 2 rings (SSSR count). The largest absolute Gasteiger partial charge is 0.315 e. The second kappa shape index (κ2) is 5.62. The van der Waals surface area contributed by atoms with E-state index in [1.54, 1.807) is 0 Å². The molecule has 94 valence electrons. The fourth-order valence-electron chi connectivity index (χ4n) is 1.99. The van der Waals surface area contributed by atoms with Gasteiger partial charge in [-0.25, -0.2) is 13.1 Å². The molecule has 1 aromatic carbocycles. The molecule has 17 heavy (non-hydrogen) atoms. The van der Waals surface area contributed by atoms with Gasteiger partial charge in [-0.15, -0.1) is 0 Å². The number of benzene rings is 1. The Morgan fingerprint density at radius 1 is 1.29 bits per heavy atom. The van der Waals surface area contributed by atoms with Crippen LogP contribution in [0.4, 0.5) is 0 Å². The predicted octanol–water partition coefficient (Wildman–Crippen LogP) is 0.510. The van der Waals surface area contributed by atoms with Crippen molar-refractivity contribution in [3.05, 3.63) is 35.9 Å². The normalized spacial score (nSPS) is 20.6. The SMILES string of the molecule is O=S(=O)(NCCc1ccccc1)C1CCNC1. The van der Waals surface area contributed by atoms with E-state index >= 15 is 0 Å². The second-order valence-corrected chi connectivity index (χ2v) is 6.34. The lowest BCUT2D eigenvalue weighted by molar-refractivity contribution is 0.568. The van der Waals surface area contributed by atoms with Crippen molar-refractivity contribution in [2.45, 2.75) is 18.1 Å². The van der Waals surface area contributed by atoms with E-state index < -0.39 is 10.0 Å². The minimum Gasteiger partial charge on any atom is -0.315 e. The van der Waals surface area contributed by atoms with E-state index in [4.69, 9.17) is 0 Å². The first-order valence-electron chi connectivity index (χ1n) is 5.91. The van der Waals surface area contributed by atoms with Crippen LogP contribution in [-0.4, -0.2) is 33.3 Å². The van der Waals surface area contributed by atoms with Crippen LogP contribution in [0.5, 0.6) is 0 Å². The molecule has 1 aliphatic heterocycles. The molecule has 1 saturated heterocycles. The first kappa shape index (κ1) is 12.5. The molecule has 2 N–H and O–H groups in total. The maximum absolute atomic E-state index is 11.9. The highest BCUT2D eigenvalue weighted by Crippen LogP contribution is 2.08. The molecule has 1 heterocycles. The van der Waals surface area contributed by atoms with Gasteiger partial charge in [-0.05, 0) is 24.9 Å². The van der Waals surface area contributed by atoms with Crippen LogP contribution in [0.3, 0.4) is 0 Å². The number of sulfonamides is 1. The van der Waals surface area contributed by atoms with Crippen molar-refractivity contribution in [3.63, 3.8) is 0 Å². The molecular formula is C12H18N2O2S. The first-order valence-corrected chi connectivity index (χ1v) is 7.46. The van der Waals surface area contributed by atoms with E-state index in [0.29, 0.717) is 19.5 Å². The van der Waals surface area contributed by atoms with Crippen LogP contribution in [-0.2, 0) is 16.4 Å². The molecule has 5 heteroatoms. The Balaban J connectivity index is 1.82. The zero-order chi connectivity index (χ0) is 12.1. The molecule has 0 aromatic heterocycles. The Bertz CT molecular complexity index is 439. The summed E-state index contributed by atoms with van der Waals surface area (Å²) in [6.45, 7) is 1.84. The van der Waals surface area contributed by atoms with Crippen molar-refractivity contribution in [1.29, 1.82) is 0 Å². The Labute approximate surface area is 102 Å². The smallest absolute Gasteiger partial charge is 0.215 e. The minimum absolute atomic E-state index is 0.265. The second-order valence-electron chi connectivity index (χ2n) is 4.29. The Morgan fingerprint density at radius 2 is 2.06 bits per heavy atom. The fourth-order valence-corrected chi connectivity index (χ4v) is 3.38. The molecule has 0 radical (unpaired) electrons. The molecule has 0 saturated carbocycles.